The highest BCUT2D eigenvalue weighted by atomic mass is 79.9. The van der Waals surface area contributed by atoms with Gasteiger partial charge in [0.15, 0.2) is 0 Å². The summed E-state index contributed by atoms with van der Waals surface area (Å²) in [6.07, 6.45) is 1.30. The fourth-order valence-corrected chi connectivity index (χ4v) is 1.00. The van der Waals surface area contributed by atoms with Crippen molar-refractivity contribution in [3.8, 4) is 0 Å². The molecule has 66 valence electrons. The predicted molar refractivity (Wildman–Crippen MR) is 47.9 cm³/mol. The van der Waals surface area contributed by atoms with Gasteiger partial charge < -0.3 is 10.1 Å². The molecule has 0 saturated carbocycles. The Bertz CT molecular complexity index is 321. The number of aliphatic hydroxyl groups excluding tert-OH is 1. The first-order valence-electron chi connectivity index (χ1n) is 3.51. The summed E-state index contributed by atoms with van der Waals surface area (Å²) in [5, 5.41) is 8.99. The van der Waals surface area contributed by atoms with Crippen molar-refractivity contribution in [3.63, 3.8) is 0 Å². The van der Waals surface area contributed by atoms with Crippen molar-refractivity contribution in [2.24, 2.45) is 0 Å². The van der Waals surface area contributed by atoms with Crippen molar-refractivity contribution in [1.82, 2.24) is 9.97 Å². The molecule has 4 nitrogen and oxygen atoms in total. The number of halogens is 1. The fraction of sp³-hybridized carbons (Fsp3) is 0.429. The highest BCUT2D eigenvalue weighted by Crippen LogP contribution is 1.99. The van der Waals surface area contributed by atoms with Crippen molar-refractivity contribution in [1.29, 1.82) is 0 Å². The number of nitrogens with zero attached hydrogens (tertiary/aromatic N) is 1. The highest BCUT2D eigenvalue weighted by Gasteiger charge is 2.02. The Kier molecular flexibility index (Phi) is 2.99. The third kappa shape index (κ3) is 2.42. The molecule has 1 aromatic rings. The molecule has 0 fully saturated rings. The molecule has 0 aliphatic heterocycles. The van der Waals surface area contributed by atoms with Gasteiger partial charge in [0.1, 0.15) is 10.3 Å². The number of H-pyrrole nitrogens is 1. The summed E-state index contributed by atoms with van der Waals surface area (Å²) in [7, 11) is 0. The van der Waals surface area contributed by atoms with Crippen LogP contribution < -0.4 is 5.56 Å². The monoisotopic (exact) mass is 232 g/mol. The number of rotatable bonds is 2. The third-order valence-corrected chi connectivity index (χ3v) is 1.86. The van der Waals surface area contributed by atoms with Gasteiger partial charge in [0.25, 0.3) is 5.56 Å². The largest absolute Gasteiger partial charge is 0.393 e. The number of nitrogens with one attached hydrogen (secondary N) is 1. The second-order valence-corrected chi connectivity index (χ2v) is 3.41. The van der Waals surface area contributed by atoms with Gasteiger partial charge in [-0.3, -0.25) is 4.79 Å². The normalized spacial score (nSPS) is 12.9. The molecule has 1 unspecified atom stereocenters. The standard InChI is InChI=1S/C7H9BrN2O2/c1-4(11)2-6-9-3-5(8)7(12)10-6/h3-4,11H,2H2,1H3,(H,9,10,12). The van der Waals surface area contributed by atoms with Crippen molar-refractivity contribution < 1.29 is 5.11 Å². The van der Waals surface area contributed by atoms with E-state index in [2.05, 4.69) is 25.9 Å². The molecule has 0 aliphatic carbocycles. The van der Waals surface area contributed by atoms with Gasteiger partial charge in [-0.25, -0.2) is 4.98 Å². The molecule has 1 aromatic heterocycles. The van der Waals surface area contributed by atoms with Crippen LogP contribution in [0.4, 0.5) is 0 Å². The zero-order valence-corrected chi connectivity index (χ0v) is 8.13. The summed E-state index contributed by atoms with van der Waals surface area (Å²) in [6, 6.07) is 0. The lowest BCUT2D eigenvalue weighted by atomic mass is 10.3. The first kappa shape index (κ1) is 9.41. The summed E-state index contributed by atoms with van der Waals surface area (Å²) in [5.41, 5.74) is -0.222. The molecule has 2 N–H and O–H groups in total. The Morgan fingerprint density at radius 1 is 1.83 bits per heavy atom. The molecule has 1 atom stereocenters. The maximum atomic E-state index is 11.0. The van der Waals surface area contributed by atoms with Crippen LogP contribution in [0.3, 0.4) is 0 Å². The van der Waals surface area contributed by atoms with E-state index in [9.17, 15) is 4.79 Å². The molecule has 0 radical (unpaired) electrons. The van der Waals surface area contributed by atoms with E-state index in [1.54, 1.807) is 6.92 Å². The van der Waals surface area contributed by atoms with Crippen molar-refractivity contribution in [3.05, 3.63) is 26.8 Å². The van der Waals surface area contributed by atoms with Gasteiger partial charge in [0.05, 0.1) is 6.10 Å². The van der Waals surface area contributed by atoms with Crippen LogP contribution in [-0.2, 0) is 6.42 Å². The average Bonchev–Trinajstić information content (AvgIpc) is 1.96. The Hall–Kier alpha value is -0.680. The van der Waals surface area contributed by atoms with Crippen LogP contribution in [0.2, 0.25) is 0 Å². The zero-order chi connectivity index (χ0) is 9.14. The lowest BCUT2D eigenvalue weighted by Crippen LogP contribution is -2.15. The minimum atomic E-state index is -0.491. The number of aliphatic hydroxyl groups is 1. The van der Waals surface area contributed by atoms with Gasteiger partial charge in [0.2, 0.25) is 0 Å². The SMILES string of the molecule is CC(O)Cc1ncc(Br)c(=O)[nH]1. The topological polar surface area (TPSA) is 66.0 Å². The van der Waals surface area contributed by atoms with E-state index in [0.717, 1.165) is 0 Å². The Labute approximate surface area is 77.8 Å². The minimum Gasteiger partial charge on any atom is -0.393 e. The predicted octanol–water partition coefficient (Wildman–Crippen LogP) is 0.456. The van der Waals surface area contributed by atoms with Crippen LogP contribution in [0.15, 0.2) is 15.5 Å². The van der Waals surface area contributed by atoms with Crippen LogP contribution in [0.25, 0.3) is 0 Å². The second kappa shape index (κ2) is 3.82. The van der Waals surface area contributed by atoms with Crippen LogP contribution in [-0.4, -0.2) is 21.2 Å². The Morgan fingerprint density at radius 3 is 3.00 bits per heavy atom. The fourth-order valence-electron chi connectivity index (χ4n) is 0.800. The quantitative estimate of drug-likeness (QED) is 0.779. The van der Waals surface area contributed by atoms with E-state index in [1.165, 1.54) is 6.20 Å². The van der Waals surface area contributed by atoms with Crippen LogP contribution >= 0.6 is 15.9 Å². The maximum absolute atomic E-state index is 11.0. The van der Waals surface area contributed by atoms with E-state index in [0.29, 0.717) is 16.7 Å². The number of hydrogen-bond acceptors (Lipinski definition) is 3. The van der Waals surface area contributed by atoms with E-state index in [1.807, 2.05) is 0 Å². The Morgan fingerprint density at radius 2 is 2.50 bits per heavy atom. The minimum absolute atomic E-state index is 0.222. The molecule has 5 heteroatoms. The molecule has 1 rings (SSSR count). The van der Waals surface area contributed by atoms with Crippen molar-refractivity contribution in [2.75, 3.05) is 0 Å². The van der Waals surface area contributed by atoms with Crippen molar-refractivity contribution in [2.45, 2.75) is 19.4 Å². The molecular formula is C7H9BrN2O2. The summed E-state index contributed by atoms with van der Waals surface area (Å²) in [6.45, 7) is 1.64. The van der Waals surface area contributed by atoms with Crippen molar-refractivity contribution >= 4 is 15.9 Å². The van der Waals surface area contributed by atoms with Crippen LogP contribution in [0.1, 0.15) is 12.7 Å². The van der Waals surface area contributed by atoms with E-state index < -0.39 is 6.10 Å². The molecule has 1 heterocycles. The van der Waals surface area contributed by atoms with Crippen LogP contribution in [0.5, 0.6) is 0 Å². The second-order valence-electron chi connectivity index (χ2n) is 2.56. The van der Waals surface area contributed by atoms with Crippen LogP contribution in [0, 0.1) is 0 Å². The van der Waals surface area contributed by atoms with Gasteiger partial charge in [-0.15, -0.1) is 0 Å². The molecular weight excluding hydrogens is 224 g/mol. The lowest BCUT2D eigenvalue weighted by Gasteiger charge is -2.02. The average molecular weight is 233 g/mol. The molecule has 0 aromatic carbocycles. The van der Waals surface area contributed by atoms with E-state index in [-0.39, 0.29) is 5.56 Å². The number of hydrogen-bond donors (Lipinski definition) is 2. The summed E-state index contributed by atoms with van der Waals surface area (Å²) in [5.74, 6) is 0.498. The zero-order valence-electron chi connectivity index (χ0n) is 6.54. The molecule has 0 saturated heterocycles. The van der Waals surface area contributed by atoms with E-state index >= 15 is 0 Å². The van der Waals surface area contributed by atoms with Gasteiger partial charge in [-0.05, 0) is 22.9 Å². The van der Waals surface area contributed by atoms with Gasteiger partial charge >= 0.3 is 0 Å². The summed E-state index contributed by atoms with van der Waals surface area (Å²) >= 11 is 3.03. The van der Waals surface area contributed by atoms with Gasteiger partial charge in [-0.2, -0.15) is 0 Å². The molecule has 0 bridgehead atoms. The molecule has 0 spiro atoms. The Balaban J connectivity index is 2.90. The number of aromatic nitrogens is 2. The van der Waals surface area contributed by atoms with Gasteiger partial charge in [0, 0.05) is 12.6 Å². The van der Waals surface area contributed by atoms with E-state index in [4.69, 9.17) is 5.11 Å². The molecule has 0 aliphatic rings. The molecule has 12 heavy (non-hydrogen) atoms. The first-order valence-corrected chi connectivity index (χ1v) is 4.30. The lowest BCUT2D eigenvalue weighted by molar-refractivity contribution is 0.192. The molecule has 0 amide bonds. The smallest absolute Gasteiger partial charge is 0.265 e. The summed E-state index contributed by atoms with van der Waals surface area (Å²) < 4.78 is 0.400. The third-order valence-electron chi connectivity index (χ3n) is 1.30. The van der Waals surface area contributed by atoms with Gasteiger partial charge in [-0.1, -0.05) is 0 Å². The maximum Gasteiger partial charge on any atom is 0.265 e. The first-order chi connectivity index (χ1) is 5.59. The summed E-state index contributed by atoms with van der Waals surface area (Å²) in [4.78, 5) is 17.4. The highest BCUT2D eigenvalue weighted by molar-refractivity contribution is 9.10. The number of aromatic amines is 1.